The van der Waals surface area contributed by atoms with Gasteiger partial charge in [0.15, 0.2) is 0 Å². The first-order chi connectivity index (χ1) is 12.6. The summed E-state index contributed by atoms with van der Waals surface area (Å²) in [5.41, 5.74) is 1.92. The van der Waals surface area contributed by atoms with E-state index >= 15 is 0 Å². The summed E-state index contributed by atoms with van der Waals surface area (Å²) in [5.74, 6) is 0.726. The highest BCUT2D eigenvalue weighted by Gasteiger charge is 2.30. The van der Waals surface area contributed by atoms with E-state index in [4.69, 9.17) is 16.3 Å². The lowest BCUT2D eigenvalue weighted by molar-refractivity contribution is -0.130. The number of rotatable bonds is 5. The van der Waals surface area contributed by atoms with Crippen LogP contribution in [0.4, 0.5) is 4.79 Å². The molecule has 0 aliphatic carbocycles. The second-order valence-corrected chi connectivity index (χ2v) is 7.40. The Morgan fingerprint density at radius 3 is 2.62 bits per heavy atom. The Labute approximate surface area is 161 Å². The van der Waals surface area contributed by atoms with Gasteiger partial charge in [-0.2, -0.15) is 0 Å². The van der Waals surface area contributed by atoms with Gasteiger partial charge in [-0.3, -0.25) is 4.79 Å². The van der Waals surface area contributed by atoms with E-state index in [9.17, 15) is 9.59 Å². The Bertz CT molecular complexity index is 755. The van der Waals surface area contributed by atoms with E-state index in [1.165, 1.54) is 0 Å². The number of halogens is 1. The van der Waals surface area contributed by atoms with Gasteiger partial charge in [0.1, 0.15) is 18.5 Å². The van der Waals surface area contributed by atoms with Crippen LogP contribution in [0, 0.1) is 0 Å². The Morgan fingerprint density at radius 2 is 1.88 bits per heavy atom. The minimum Gasteiger partial charge on any atom is -0.445 e. The molecule has 5 nitrogen and oxygen atoms in total. The van der Waals surface area contributed by atoms with Gasteiger partial charge < -0.3 is 15.0 Å². The third-order valence-corrected chi connectivity index (χ3v) is 5.48. The molecular weight excluding hydrogens is 372 g/mol. The predicted molar refractivity (Wildman–Crippen MR) is 103 cm³/mol. The standard InChI is InChI=1S/C19H19ClN2O3S/c20-16-8-6-15(7-9-16)18-22(10-11-26-18)17(23)12-21-19(24)25-13-14-4-2-1-3-5-14/h1-9,18H,10-13H2,(H,21,24). The highest BCUT2D eigenvalue weighted by molar-refractivity contribution is 7.99. The molecule has 1 saturated heterocycles. The molecule has 2 aromatic rings. The molecule has 1 heterocycles. The van der Waals surface area contributed by atoms with Gasteiger partial charge >= 0.3 is 6.09 Å². The number of hydrogen-bond acceptors (Lipinski definition) is 4. The van der Waals surface area contributed by atoms with Crippen molar-refractivity contribution in [2.75, 3.05) is 18.8 Å². The third-order valence-electron chi connectivity index (χ3n) is 3.96. The van der Waals surface area contributed by atoms with Crippen molar-refractivity contribution in [2.45, 2.75) is 12.0 Å². The molecule has 0 bridgehead atoms. The predicted octanol–water partition coefficient (Wildman–Crippen LogP) is 3.84. The maximum absolute atomic E-state index is 12.5. The fraction of sp³-hybridized carbons (Fsp3) is 0.263. The van der Waals surface area contributed by atoms with Crippen LogP contribution in [-0.4, -0.2) is 35.7 Å². The highest BCUT2D eigenvalue weighted by atomic mass is 35.5. The molecule has 1 fully saturated rings. The van der Waals surface area contributed by atoms with E-state index in [0.29, 0.717) is 11.6 Å². The van der Waals surface area contributed by atoms with E-state index in [-0.39, 0.29) is 24.4 Å². The summed E-state index contributed by atoms with van der Waals surface area (Å²) >= 11 is 7.62. The summed E-state index contributed by atoms with van der Waals surface area (Å²) < 4.78 is 5.13. The van der Waals surface area contributed by atoms with Crippen LogP contribution in [0.3, 0.4) is 0 Å². The fourth-order valence-electron chi connectivity index (χ4n) is 2.65. The number of alkyl carbamates (subject to hydrolysis) is 1. The molecule has 0 aromatic heterocycles. The molecular formula is C19H19ClN2O3S. The first-order valence-corrected chi connectivity index (χ1v) is 9.67. The van der Waals surface area contributed by atoms with E-state index in [2.05, 4.69) is 5.32 Å². The van der Waals surface area contributed by atoms with Gasteiger partial charge in [-0.15, -0.1) is 11.8 Å². The summed E-state index contributed by atoms with van der Waals surface area (Å²) in [6.45, 7) is 0.740. The number of ether oxygens (including phenoxy) is 1. The zero-order chi connectivity index (χ0) is 18.4. The average Bonchev–Trinajstić information content (AvgIpc) is 3.16. The number of hydrogen-bond donors (Lipinski definition) is 1. The van der Waals surface area contributed by atoms with E-state index in [0.717, 1.165) is 16.9 Å². The fourth-order valence-corrected chi connectivity index (χ4v) is 4.06. The van der Waals surface area contributed by atoms with Crippen molar-refractivity contribution < 1.29 is 14.3 Å². The zero-order valence-electron chi connectivity index (χ0n) is 14.1. The molecule has 1 aliphatic heterocycles. The molecule has 0 spiro atoms. The van der Waals surface area contributed by atoms with E-state index in [1.54, 1.807) is 16.7 Å². The van der Waals surface area contributed by atoms with E-state index in [1.807, 2.05) is 54.6 Å². The zero-order valence-corrected chi connectivity index (χ0v) is 15.6. The molecule has 1 unspecified atom stereocenters. The first kappa shape index (κ1) is 18.6. The third kappa shape index (κ3) is 4.93. The normalized spacial score (nSPS) is 16.3. The lowest BCUT2D eigenvalue weighted by atomic mass is 10.2. The lowest BCUT2D eigenvalue weighted by Gasteiger charge is -2.24. The topological polar surface area (TPSA) is 58.6 Å². The number of thioether (sulfide) groups is 1. The quantitative estimate of drug-likeness (QED) is 0.842. The number of nitrogens with one attached hydrogen (secondary N) is 1. The van der Waals surface area contributed by atoms with Crippen molar-refractivity contribution in [3.8, 4) is 0 Å². The van der Waals surface area contributed by atoms with Crippen LogP contribution in [0.1, 0.15) is 16.5 Å². The van der Waals surface area contributed by atoms with Crippen molar-refractivity contribution in [3.63, 3.8) is 0 Å². The van der Waals surface area contributed by atoms with E-state index < -0.39 is 6.09 Å². The molecule has 2 amide bonds. The second kappa shape index (κ2) is 8.96. The van der Waals surface area contributed by atoms with Crippen molar-refractivity contribution in [3.05, 3.63) is 70.7 Å². The van der Waals surface area contributed by atoms with Crippen molar-refractivity contribution in [1.82, 2.24) is 10.2 Å². The largest absolute Gasteiger partial charge is 0.445 e. The molecule has 26 heavy (non-hydrogen) atoms. The Kier molecular flexibility index (Phi) is 6.41. The van der Waals surface area contributed by atoms with Crippen molar-refractivity contribution in [1.29, 1.82) is 0 Å². The molecule has 3 rings (SSSR count). The monoisotopic (exact) mass is 390 g/mol. The Balaban J connectivity index is 1.49. The maximum Gasteiger partial charge on any atom is 0.407 e. The van der Waals surface area contributed by atoms with Crippen LogP contribution >= 0.6 is 23.4 Å². The van der Waals surface area contributed by atoms with Crippen LogP contribution in [0.2, 0.25) is 5.02 Å². The number of carbonyl (C=O) groups is 2. The molecule has 0 saturated carbocycles. The second-order valence-electron chi connectivity index (χ2n) is 5.78. The number of carbonyl (C=O) groups excluding carboxylic acids is 2. The summed E-state index contributed by atoms with van der Waals surface area (Å²) in [6, 6.07) is 16.9. The Hall–Kier alpha value is -2.18. The molecule has 2 aromatic carbocycles. The molecule has 0 radical (unpaired) electrons. The minimum atomic E-state index is -0.600. The number of amides is 2. The van der Waals surface area contributed by atoms with Gasteiger partial charge in [0.2, 0.25) is 5.91 Å². The Morgan fingerprint density at radius 1 is 1.15 bits per heavy atom. The maximum atomic E-state index is 12.5. The van der Waals surface area contributed by atoms with Crippen molar-refractivity contribution >= 4 is 35.4 Å². The van der Waals surface area contributed by atoms with Gasteiger partial charge in [0, 0.05) is 17.3 Å². The summed E-state index contributed by atoms with van der Waals surface area (Å²) in [5, 5.41) is 3.14. The summed E-state index contributed by atoms with van der Waals surface area (Å²) in [7, 11) is 0. The number of nitrogens with zero attached hydrogens (tertiary/aromatic N) is 1. The average molecular weight is 391 g/mol. The van der Waals surface area contributed by atoms with Gasteiger partial charge in [0.05, 0.1) is 0 Å². The van der Waals surface area contributed by atoms with Crippen LogP contribution < -0.4 is 5.32 Å². The number of benzene rings is 2. The highest BCUT2D eigenvalue weighted by Crippen LogP contribution is 2.38. The molecule has 1 N–H and O–H groups in total. The van der Waals surface area contributed by atoms with Crippen LogP contribution in [0.5, 0.6) is 0 Å². The van der Waals surface area contributed by atoms with Gasteiger partial charge in [-0.05, 0) is 23.3 Å². The smallest absolute Gasteiger partial charge is 0.407 e. The van der Waals surface area contributed by atoms with Crippen LogP contribution in [0.25, 0.3) is 0 Å². The van der Waals surface area contributed by atoms with Gasteiger partial charge in [0.25, 0.3) is 0 Å². The lowest BCUT2D eigenvalue weighted by Crippen LogP contribution is -2.39. The molecule has 136 valence electrons. The molecule has 7 heteroatoms. The van der Waals surface area contributed by atoms with Gasteiger partial charge in [-0.1, -0.05) is 54.1 Å². The summed E-state index contributed by atoms with van der Waals surface area (Å²) in [6.07, 6.45) is -0.600. The summed E-state index contributed by atoms with van der Waals surface area (Å²) in [4.78, 5) is 26.1. The van der Waals surface area contributed by atoms with Crippen LogP contribution in [-0.2, 0) is 16.1 Å². The van der Waals surface area contributed by atoms with Gasteiger partial charge in [-0.25, -0.2) is 4.79 Å². The van der Waals surface area contributed by atoms with Crippen LogP contribution in [0.15, 0.2) is 54.6 Å². The van der Waals surface area contributed by atoms with Crippen molar-refractivity contribution in [2.24, 2.45) is 0 Å². The SMILES string of the molecule is O=C(NCC(=O)N1CCSC1c1ccc(Cl)cc1)OCc1ccccc1. The molecule has 1 aliphatic rings. The minimum absolute atomic E-state index is 0.0538. The molecule has 1 atom stereocenters. The first-order valence-electron chi connectivity index (χ1n) is 8.24.